The normalized spacial score (nSPS) is 14.0. The molecule has 0 spiro atoms. The molecule has 2 aliphatic heterocycles. The Morgan fingerprint density at radius 3 is 2.13 bits per heavy atom. The maximum absolute atomic E-state index is 6.90. The minimum Gasteiger partial charge on any atom is -0.454 e. The van der Waals surface area contributed by atoms with Crippen molar-refractivity contribution in [3.8, 4) is 11.1 Å². The fraction of sp³-hybridized carbons (Fsp3) is 0.200. The van der Waals surface area contributed by atoms with Crippen molar-refractivity contribution < 1.29 is 4.42 Å². The fourth-order valence-corrected chi connectivity index (χ4v) is 11.6. The lowest BCUT2D eigenvalue weighted by Gasteiger charge is -2.41. The van der Waals surface area contributed by atoms with Gasteiger partial charge in [-0.05, 0) is 127 Å². The summed E-state index contributed by atoms with van der Waals surface area (Å²) in [4.78, 5) is 2.70. The second-order valence-corrected chi connectivity index (χ2v) is 20.3. The van der Waals surface area contributed by atoms with E-state index in [0.29, 0.717) is 0 Å². The molecule has 3 aromatic heterocycles. The molecule has 2 aliphatic rings. The zero-order valence-corrected chi connectivity index (χ0v) is 36.0. The summed E-state index contributed by atoms with van der Waals surface area (Å²) in [6.45, 7) is 14.7. The summed E-state index contributed by atoms with van der Waals surface area (Å²) in [5.74, 6) is 0. The van der Waals surface area contributed by atoms with Crippen molar-refractivity contribution in [3.05, 3.63) is 167 Å². The maximum atomic E-state index is 6.90. The highest BCUT2D eigenvalue weighted by Crippen LogP contribution is 2.46. The zero-order chi connectivity index (χ0) is 40.7. The van der Waals surface area contributed by atoms with E-state index in [-0.39, 0.29) is 17.7 Å². The quantitative estimate of drug-likeness (QED) is 0.166. The third kappa shape index (κ3) is 5.21. The van der Waals surface area contributed by atoms with Gasteiger partial charge in [0.05, 0.1) is 5.52 Å². The molecule has 0 saturated carbocycles. The number of aromatic nitrogens is 1. The van der Waals surface area contributed by atoms with Crippen molar-refractivity contribution >= 4 is 93.6 Å². The van der Waals surface area contributed by atoms with E-state index in [1.54, 1.807) is 0 Å². The van der Waals surface area contributed by atoms with E-state index in [9.17, 15) is 0 Å². The first-order valence-corrected chi connectivity index (χ1v) is 22.4. The van der Waals surface area contributed by atoms with Crippen molar-refractivity contribution in [1.82, 2.24) is 4.48 Å². The van der Waals surface area contributed by atoms with E-state index in [0.717, 1.165) is 30.6 Å². The van der Waals surface area contributed by atoms with Gasteiger partial charge in [0.2, 0.25) is 0 Å². The van der Waals surface area contributed by atoms with Gasteiger partial charge in [0.15, 0.2) is 5.58 Å². The number of anilines is 2. The SMILES string of the molecule is CC(C)(C)c1ccc(CN2c3cc(C(C)(C)C)cc4c3B(c3c2ccc2sc5ccccc5c32)n2c3c(cccc3c3oc5ccccc5c32)CC4)c(-c2ccccc2)c1. The summed E-state index contributed by atoms with van der Waals surface area (Å²) in [6.07, 6.45) is 1.92. The first kappa shape index (κ1) is 35.9. The van der Waals surface area contributed by atoms with Crippen molar-refractivity contribution in [2.45, 2.75) is 71.8 Å². The van der Waals surface area contributed by atoms with Crippen LogP contribution in [0.15, 0.2) is 144 Å². The van der Waals surface area contributed by atoms with Gasteiger partial charge in [-0.25, -0.2) is 0 Å². The number of para-hydroxylation sites is 2. The number of fused-ring (bicyclic) bond motifs is 12. The Labute approximate surface area is 356 Å². The summed E-state index contributed by atoms with van der Waals surface area (Å²) in [6, 6.07) is 52.8. The third-order valence-corrected chi connectivity index (χ3v) is 14.7. The van der Waals surface area contributed by atoms with E-state index in [4.69, 9.17) is 4.42 Å². The molecule has 7 aromatic carbocycles. The largest absolute Gasteiger partial charge is 0.454 e. The highest BCUT2D eigenvalue weighted by Gasteiger charge is 2.43. The van der Waals surface area contributed by atoms with Crippen LogP contribution in [-0.2, 0) is 30.2 Å². The Morgan fingerprint density at radius 2 is 1.32 bits per heavy atom. The molecule has 0 amide bonds. The summed E-state index contributed by atoms with van der Waals surface area (Å²) in [5, 5.41) is 5.07. The molecule has 292 valence electrons. The molecule has 0 aliphatic carbocycles. The fourth-order valence-electron chi connectivity index (χ4n) is 10.5. The predicted molar refractivity (Wildman–Crippen MR) is 258 cm³/mol. The van der Waals surface area contributed by atoms with E-state index in [2.05, 4.69) is 190 Å². The van der Waals surface area contributed by atoms with Crippen LogP contribution in [0.25, 0.3) is 64.3 Å². The molecule has 12 rings (SSSR count). The summed E-state index contributed by atoms with van der Waals surface area (Å²) < 4.78 is 12.3. The van der Waals surface area contributed by atoms with E-state index < -0.39 is 0 Å². The van der Waals surface area contributed by atoms with Crippen LogP contribution in [0.1, 0.15) is 69.4 Å². The predicted octanol–water partition coefficient (Wildman–Crippen LogP) is 13.6. The molecule has 0 bridgehead atoms. The van der Waals surface area contributed by atoms with Gasteiger partial charge in [0, 0.05) is 43.6 Å². The van der Waals surface area contributed by atoms with E-state index in [1.165, 1.54) is 103 Å². The van der Waals surface area contributed by atoms with Crippen LogP contribution in [0.5, 0.6) is 0 Å². The lowest BCUT2D eigenvalue weighted by molar-refractivity contribution is 0.589. The van der Waals surface area contributed by atoms with Crippen LogP contribution >= 0.6 is 11.3 Å². The number of aryl methyl sites for hydroxylation is 2. The second kappa shape index (κ2) is 12.7. The van der Waals surface area contributed by atoms with Crippen molar-refractivity contribution in [1.29, 1.82) is 0 Å². The molecule has 0 atom stereocenters. The average molecular weight is 795 g/mol. The molecule has 0 saturated heterocycles. The Kier molecular flexibility index (Phi) is 7.61. The molecule has 0 N–H and O–H groups in total. The summed E-state index contributed by atoms with van der Waals surface area (Å²) in [7, 11) is 0. The molecule has 5 heterocycles. The van der Waals surface area contributed by atoms with Gasteiger partial charge in [-0.2, -0.15) is 0 Å². The summed E-state index contributed by atoms with van der Waals surface area (Å²) >= 11 is 1.92. The zero-order valence-electron chi connectivity index (χ0n) is 35.2. The molecule has 0 fully saturated rings. The topological polar surface area (TPSA) is 21.3 Å². The van der Waals surface area contributed by atoms with Crippen LogP contribution in [0, 0.1) is 0 Å². The van der Waals surface area contributed by atoms with Gasteiger partial charge >= 0.3 is 6.85 Å². The average Bonchev–Trinajstić information content (AvgIpc) is 3.91. The number of thiophene rings is 1. The number of nitrogens with zero attached hydrogens (tertiary/aromatic N) is 2. The standard InChI is InChI=1S/C55H47BN2OS/c1-54(2,3)37-26-25-36(42(30-37)33-15-8-7-9-16-33)32-57-43-27-28-47-48(40-19-11-13-22-46(40)60-47)50(43)56-49-35(29-38(31-44(49)57)55(4,5)6)24-23-34-17-14-20-41-51(34)58(56)52-39-18-10-12-21-45(39)59-53(41)52/h7-22,25-31H,23-24,32H2,1-6H3. The van der Waals surface area contributed by atoms with Crippen LogP contribution in [0.4, 0.5) is 11.4 Å². The first-order valence-electron chi connectivity index (χ1n) is 21.5. The van der Waals surface area contributed by atoms with Crippen LogP contribution < -0.4 is 15.8 Å². The minimum atomic E-state index is -0.0868. The van der Waals surface area contributed by atoms with Gasteiger partial charge < -0.3 is 13.8 Å². The van der Waals surface area contributed by atoms with Crippen molar-refractivity contribution in [3.63, 3.8) is 0 Å². The molecular formula is C55H47BN2OS. The van der Waals surface area contributed by atoms with Gasteiger partial charge in [-0.3, -0.25) is 0 Å². The number of hydrogen-bond donors (Lipinski definition) is 0. The molecular weight excluding hydrogens is 747 g/mol. The monoisotopic (exact) mass is 794 g/mol. The molecule has 60 heavy (non-hydrogen) atoms. The molecule has 0 unspecified atom stereocenters. The van der Waals surface area contributed by atoms with Crippen LogP contribution in [-0.4, -0.2) is 11.3 Å². The van der Waals surface area contributed by atoms with Crippen LogP contribution in [0.2, 0.25) is 0 Å². The molecule has 10 aromatic rings. The molecule has 0 radical (unpaired) electrons. The Morgan fingerprint density at radius 1 is 0.583 bits per heavy atom. The lowest BCUT2D eigenvalue weighted by atomic mass is 9.45. The lowest BCUT2D eigenvalue weighted by Crippen LogP contribution is -2.57. The summed E-state index contributed by atoms with van der Waals surface area (Å²) in [5.41, 5.74) is 19.2. The Bertz CT molecular complexity index is 3390. The van der Waals surface area contributed by atoms with Gasteiger partial charge in [0.1, 0.15) is 5.58 Å². The van der Waals surface area contributed by atoms with Crippen molar-refractivity contribution in [2.24, 2.45) is 0 Å². The highest BCUT2D eigenvalue weighted by molar-refractivity contribution is 7.26. The maximum Gasteiger partial charge on any atom is 0.333 e. The van der Waals surface area contributed by atoms with Gasteiger partial charge in [-0.15, -0.1) is 11.3 Å². The number of hydrogen-bond acceptors (Lipinski definition) is 3. The van der Waals surface area contributed by atoms with Gasteiger partial charge in [-0.1, -0.05) is 139 Å². The third-order valence-electron chi connectivity index (χ3n) is 13.5. The molecule has 3 nitrogen and oxygen atoms in total. The number of benzene rings is 7. The molecule has 5 heteroatoms. The van der Waals surface area contributed by atoms with Crippen molar-refractivity contribution in [2.75, 3.05) is 4.90 Å². The smallest absolute Gasteiger partial charge is 0.333 e. The first-order chi connectivity index (χ1) is 29.0. The number of rotatable bonds is 3. The van der Waals surface area contributed by atoms with Crippen LogP contribution in [0.3, 0.4) is 0 Å². The van der Waals surface area contributed by atoms with E-state index in [1.807, 2.05) is 11.3 Å². The minimum absolute atomic E-state index is 0.0243. The Balaban J connectivity index is 1.24. The van der Waals surface area contributed by atoms with E-state index >= 15 is 0 Å². The number of furan rings is 1. The van der Waals surface area contributed by atoms with Gasteiger partial charge in [0.25, 0.3) is 0 Å². The highest BCUT2D eigenvalue weighted by atomic mass is 32.1. The second-order valence-electron chi connectivity index (χ2n) is 19.2. The Hall–Kier alpha value is -6.04.